The van der Waals surface area contributed by atoms with E-state index in [2.05, 4.69) is 29.6 Å². The molecule has 2 aliphatic heterocycles. The number of hydrogen-bond donors (Lipinski definition) is 1. The Morgan fingerprint density at radius 3 is 2.59 bits per heavy atom. The summed E-state index contributed by atoms with van der Waals surface area (Å²) in [4.78, 5) is 26.4. The third-order valence-electron chi connectivity index (χ3n) is 5.77. The van der Waals surface area contributed by atoms with Crippen molar-refractivity contribution in [2.45, 2.75) is 25.4 Å². The molecule has 0 amide bonds. The molecule has 166 valence electrons. The van der Waals surface area contributed by atoms with Crippen LogP contribution in [0.15, 0.2) is 36.8 Å². The summed E-state index contributed by atoms with van der Waals surface area (Å²) in [5.41, 5.74) is 1.94. The number of halogens is 1. The van der Waals surface area contributed by atoms with Gasteiger partial charge in [0.25, 0.3) is 0 Å². The molecule has 3 aromatic rings. The minimum absolute atomic E-state index is 0.0556. The molecule has 9 nitrogen and oxygen atoms in total. The highest BCUT2D eigenvalue weighted by Crippen LogP contribution is 2.34. The quantitative estimate of drug-likeness (QED) is 0.576. The Hall–Kier alpha value is -2.89. The molecule has 32 heavy (non-hydrogen) atoms. The minimum atomic E-state index is -1.07. The van der Waals surface area contributed by atoms with Crippen LogP contribution in [0, 0.1) is 5.82 Å². The lowest BCUT2D eigenvalue weighted by Crippen LogP contribution is -2.59. The molecule has 2 unspecified atom stereocenters. The highest BCUT2D eigenvalue weighted by Gasteiger charge is 2.32. The highest BCUT2D eigenvalue weighted by atomic mass is 32.2. The lowest BCUT2D eigenvalue weighted by Gasteiger charge is -2.40. The highest BCUT2D eigenvalue weighted by molar-refractivity contribution is 7.88. The summed E-state index contributed by atoms with van der Waals surface area (Å²) in [7, 11) is 0. The average Bonchev–Trinajstić information content (AvgIpc) is 2.76. The van der Waals surface area contributed by atoms with Gasteiger partial charge in [0, 0.05) is 73.7 Å². The molecule has 0 bridgehead atoms. The second-order valence-electron chi connectivity index (χ2n) is 7.96. The molecule has 5 rings (SSSR count). The van der Waals surface area contributed by atoms with Gasteiger partial charge in [-0.25, -0.2) is 29.3 Å². The number of anilines is 2. The number of nitrogens with one attached hydrogen (secondary N) is 1. The molecule has 2 atom stereocenters. The van der Waals surface area contributed by atoms with E-state index in [1.54, 1.807) is 24.7 Å². The molecular formula is C21H23FN8OS. The zero-order valence-electron chi connectivity index (χ0n) is 17.8. The summed E-state index contributed by atoms with van der Waals surface area (Å²) in [5, 5.41) is 0. The van der Waals surface area contributed by atoms with Crippen LogP contribution in [-0.4, -0.2) is 61.4 Å². The maximum absolute atomic E-state index is 14.5. The number of hydrogen-bond acceptors (Lipinski definition) is 9. The molecule has 5 heterocycles. The van der Waals surface area contributed by atoms with E-state index in [0.29, 0.717) is 49.3 Å². The average molecular weight is 455 g/mol. The Balaban J connectivity index is 1.36. The predicted molar refractivity (Wildman–Crippen MR) is 120 cm³/mol. The second-order valence-corrected chi connectivity index (χ2v) is 9.11. The van der Waals surface area contributed by atoms with E-state index in [1.165, 1.54) is 12.1 Å². The fraction of sp³-hybridized carbons (Fsp3) is 0.381. The van der Waals surface area contributed by atoms with E-state index < -0.39 is 11.4 Å². The normalized spacial score (nSPS) is 19.4. The van der Waals surface area contributed by atoms with Gasteiger partial charge in [-0.1, -0.05) is 0 Å². The van der Waals surface area contributed by atoms with E-state index in [4.69, 9.17) is 4.98 Å². The maximum Gasteiger partial charge on any atom is 0.197 e. The summed E-state index contributed by atoms with van der Waals surface area (Å²) in [5.74, 6) is 1.85. The summed E-state index contributed by atoms with van der Waals surface area (Å²) >= 11 is -1.07. The summed E-state index contributed by atoms with van der Waals surface area (Å²) in [6, 6.07) is 4.73. The second kappa shape index (κ2) is 8.57. The zero-order chi connectivity index (χ0) is 22.2. The van der Waals surface area contributed by atoms with Gasteiger partial charge >= 0.3 is 0 Å². The van der Waals surface area contributed by atoms with Gasteiger partial charge in [-0.15, -0.1) is 4.72 Å². The number of nitrogens with zero attached hydrogens (tertiary/aromatic N) is 7. The Morgan fingerprint density at radius 2 is 1.84 bits per heavy atom. The van der Waals surface area contributed by atoms with E-state index in [9.17, 15) is 8.94 Å². The van der Waals surface area contributed by atoms with Crippen LogP contribution in [0.1, 0.15) is 24.2 Å². The van der Waals surface area contributed by atoms with Crippen LogP contribution in [0.25, 0.3) is 11.6 Å². The Bertz CT molecular complexity index is 1110. The molecular weight excluding hydrogens is 431 g/mol. The van der Waals surface area contributed by atoms with E-state index in [-0.39, 0.29) is 17.9 Å². The summed E-state index contributed by atoms with van der Waals surface area (Å²) in [6.07, 6.45) is 7.44. The van der Waals surface area contributed by atoms with Crippen LogP contribution in [0.4, 0.5) is 16.0 Å². The Kier molecular flexibility index (Phi) is 5.62. The Morgan fingerprint density at radius 1 is 1.09 bits per heavy atom. The van der Waals surface area contributed by atoms with Crippen molar-refractivity contribution in [2.75, 3.05) is 35.7 Å². The van der Waals surface area contributed by atoms with Crippen molar-refractivity contribution in [3.05, 3.63) is 53.9 Å². The summed E-state index contributed by atoms with van der Waals surface area (Å²) < 4.78 is 28.8. The van der Waals surface area contributed by atoms with Gasteiger partial charge in [0.1, 0.15) is 23.7 Å². The van der Waals surface area contributed by atoms with Crippen molar-refractivity contribution in [2.24, 2.45) is 0 Å². The molecule has 3 aromatic heterocycles. The van der Waals surface area contributed by atoms with Crippen LogP contribution >= 0.6 is 0 Å². The zero-order valence-corrected chi connectivity index (χ0v) is 18.6. The first kappa shape index (κ1) is 21.0. The first-order valence-corrected chi connectivity index (χ1v) is 12.0. The topological polar surface area (TPSA) is 106 Å². The number of fused-ring (bicyclic) bond motifs is 1. The molecule has 11 heteroatoms. The number of rotatable bonds is 5. The van der Waals surface area contributed by atoms with Gasteiger partial charge in [0.05, 0.1) is 17.8 Å². The molecule has 0 saturated carbocycles. The van der Waals surface area contributed by atoms with E-state index >= 15 is 0 Å². The van der Waals surface area contributed by atoms with Crippen LogP contribution in [0.3, 0.4) is 0 Å². The lowest BCUT2D eigenvalue weighted by atomic mass is 9.99. The molecule has 2 aliphatic rings. The van der Waals surface area contributed by atoms with Gasteiger partial charge in [0.15, 0.2) is 11.6 Å². The van der Waals surface area contributed by atoms with Gasteiger partial charge in [-0.05, 0) is 13.0 Å². The molecule has 1 saturated heterocycles. The van der Waals surface area contributed by atoms with Gasteiger partial charge < -0.3 is 14.4 Å². The fourth-order valence-corrected chi connectivity index (χ4v) is 4.77. The van der Waals surface area contributed by atoms with Crippen molar-refractivity contribution >= 4 is 23.0 Å². The van der Waals surface area contributed by atoms with Crippen LogP contribution in [-0.2, 0) is 17.8 Å². The number of aromatic nitrogens is 5. The SMILES string of the molecule is CC1c2cnc(-c3ncccn3)nc2CCN1c1cc(F)cc(N2CC(N[S+](C)[O-])C2)n1. The molecule has 0 aromatic carbocycles. The third kappa shape index (κ3) is 4.10. The van der Waals surface area contributed by atoms with Crippen LogP contribution in [0.5, 0.6) is 0 Å². The van der Waals surface area contributed by atoms with E-state index in [0.717, 1.165) is 11.3 Å². The van der Waals surface area contributed by atoms with Crippen molar-refractivity contribution < 1.29 is 8.94 Å². The van der Waals surface area contributed by atoms with Crippen molar-refractivity contribution in [3.63, 3.8) is 0 Å². The minimum Gasteiger partial charge on any atom is -0.598 e. The van der Waals surface area contributed by atoms with Crippen molar-refractivity contribution in [1.82, 2.24) is 29.6 Å². The van der Waals surface area contributed by atoms with Gasteiger partial charge in [-0.3, -0.25) is 0 Å². The van der Waals surface area contributed by atoms with Gasteiger partial charge in [0.2, 0.25) is 0 Å². The smallest absolute Gasteiger partial charge is 0.197 e. The monoisotopic (exact) mass is 454 g/mol. The van der Waals surface area contributed by atoms with Crippen LogP contribution < -0.4 is 14.5 Å². The molecule has 0 spiro atoms. The van der Waals surface area contributed by atoms with Crippen LogP contribution in [0.2, 0.25) is 0 Å². The first-order chi connectivity index (χ1) is 15.5. The predicted octanol–water partition coefficient (Wildman–Crippen LogP) is 1.66. The molecule has 0 radical (unpaired) electrons. The fourth-order valence-electron chi connectivity index (χ4n) is 4.15. The standard InChI is InChI=1S/C21H23FN8OS/c1-13-16-10-25-21(20-23-5-3-6-24-20)26-17(16)4-7-30(13)19-9-14(22)8-18(27-19)29-11-15(12-29)28-32(2)31/h3,5-6,8-10,13,15,28H,4,7,11-12H2,1-2H3. The number of pyridine rings is 1. The third-order valence-corrected chi connectivity index (χ3v) is 6.43. The van der Waals surface area contributed by atoms with Crippen molar-refractivity contribution in [3.8, 4) is 11.6 Å². The maximum atomic E-state index is 14.5. The van der Waals surface area contributed by atoms with Gasteiger partial charge in [-0.2, -0.15) is 0 Å². The molecule has 0 aliphatic carbocycles. The molecule has 1 N–H and O–H groups in total. The Labute approximate surface area is 188 Å². The van der Waals surface area contributed by atoms with Crippen molar-refractivity contribution in [1.29, 1.82) is 0 Å². The lowest BCUT2D eigenvalue weighted by molar-refractivity contribution is 0.466. The molecule has 1 fully saturated rings. The first-order valence-electron chi connectivity index (χ1n) is 10.4. The summed E-state index contributed by atoms with van der Waals surface area (Å²) in [6.45, 7) is 4.00. The largest absolute Gasteiger partial charge is 0.598 e. The van der Waals surface area contributed by atoms with E-state index in [1.807, 2.05) is 18.0 Å².